The smallest absolute Gasteiger partial charge is 0.382 e. The lowest BCUT2D eigenvalue weighted by molar-refractivity contribution is -0.140. The quantitative estimate of drug-likeness (QED) is 0.665. The molecule has 20 heavy (non-hydrogen) atoms. The summed E-state index contributed by atoms with van der Waals surface area (Å²) < 4.78 is 51.0. The summed E-state index contributed by atoms with van der Waals surface area (Å²) in [7, 11) is 0. The van der Waals surface area contributed by atoms with Crippen LogP contribution in [-0.2, 0) is 6.18 Å². The molecule has 1 N–H and O–H groups in total. The lowest BCUT2D eigenvalue weighted by Gasteiger charge is -2.30. The van der Waals surface area contributed by atoms with Crippen LogP contribution in [0, 0.1) is 5.82 Å². The van der Waals surface area contributed by atoms with E-state index in [1.165, 1.54) is 0 Å². The van der Waals surface area contributed by atoms with Crippen LogP contribution in [0.2, 0.25) is 0 Å². The van der Waals surface area contributed by atoms with Crippen LogP contribution in [0.1, 0.15) is 48.0 Å². The van der Waals surface area contributed by atoms with E-state index in [1.807, 2.05) is 0 Å². The number of carbonyl (C=O) groups excluding carboxylic acids is 1. The molecule has 0 spiro atoms. The fraction of sp³-hybridized carbons (Fsp3) is 0.500. The molecule has 0 bridgehead atoms. The van der Waals surface area contributed by atoms with E-state index in [0.29, 0.717) is 25.0 Å². The third kappa shape index (κ3) is 2.85. The summed E-state index contributed by atoms with van der Waals surface area (Å²) in [6, 6.07) is 2.08. The van der Waals surface area contributed by atoms with E-state index in [4.69, 9.17) is 0 Å². The second kappa shape index (κ2) is 5.16. The minimum Gasteiger partial charge on any atom is -0.382 e. The SMILES string of the molecule is O=C(c1ccc(F)c(C(F)(F)F)c1)C1(O)CCCCC1. The van der Waals surface area contributed by atoms with E-state index in [0.717, 1.165) is 12.5 Å². The lowest BCUT2D eigenvalue weighted by Crippen LogP contribution is -2.40. The number of carbonyl (C=O) groups is 1. The third-order valence-corrected chi connectivity index (χ3v) is 3.64. The number of hydrogen-bond donors (Lipinski definition) is 1. The van der Waals surface area contributed by atoms with Gasteiger partial charge in [-0.2, -0.15) is 13.2 Å². The Bertz CT molecular complexity index is 516. The zero-order valence-electron chi connectivity index (χ0n) is 10.6. The Morgan fingerprint density at radius 3 is 2.30 bits per heavy atom. The highest BCUT2D eigenvalue weighted by molar-refractivity contribution is 6.02. The number of benzene rings is 1. The van der Waals surface area contributed by atoms with Gasteiger partial charge in [-0.1, -0.05) is 19.3 Å². The monoisotopic (exact) mass is 290 g/mol. The first-order valence-electron chi connectivity index (χ1n) is 6.38. The first kappa shape index (κ1) is 15.0. The van der Waals surface area contributed by atoms with Crippen molar-refractivity contribution in [3.8, 4) is 0 Å². The van der Waals surface area contributed by atoms with Gasteiger partial charge in [0, 0.05) is 5.56 Å². The molecule has 0 heterocycles. The Labute approximate surface area is 113 Å². The molecule has 0 amide bonds. The van der Waals surface area contributed by atoms with Gasteiger partial charge in [-0.3, -0.25) is 4.79 Å². The van der Waals surface area contributed by atoms with Gasteiger partial charge in [0.15, 0.2) is 5.78 Å². The molecular formula is C14H14F4O2. The van der Waals surface area contributed by atoms with E-state index in [2.05, 4.69) is 0 Å². The largest absolute Gasteiger partial charge is 0.419 e. The Hall–Kier alpha value is -1.43. The molecule has 1 aromatic carbocycles. The average Bonchev–Trinajstić information content (AvgIpc) is 2.38. The summed E-state index contributed by atoms with van der Waals surface area (Å²) in [5, 5.41) is 10.2. The molecular weight excluding hydrogens is 276 g/mol. The molecule has 110 valence electrons. The summed E-state index contributed by atoms with van der Waals surface area (Å²) in [4.78, 5) is 12.2. The Kier molecular flexibility index (Phi) is 3.86. The zero-order chi connectivity index (χ0) is 15.0. The Morgan fingerprint density at radius 2 is 1.75 bits per heavy atom. The maximum absolute atomic E-state index is 13.2. The van der Waals surface area contributed by atoms with E-state index >= 15 is 0 Å². The van der Waals surface area contributed by atoms with Crippen LogP contribution >= 0.6 is 0 Å². The van der Waals surface area contributed by atoms with Crippen LogP contribution in [0.25, 0.3) is 0 Å². The highest BCUT2D eigenvalue weighted by Gasteiger charge is 2.40. The molecule has 0 radical (unpaired) electrons. The fourth-order valence-electron chi connectivity index (χ4n) is 2.52. The topological polar surface area (TPSA) is 37.3 Å². The van der Waals surface area contributed by atoms with Gasteiger partial charge in [0.05, 0.1) is 5.56 Å². The van der Waals surface area contributed by atoms with Gasteiger partial charge in [0.2, 0.25) is 0 Å². The molecule has 1 aliphatic rings. The minimum atomic E-state index is -4.87. The van der Waals surface area contributed by atoms with E-state index in [1.54, 1.807) is 0 Å². The summed E-state index contributed by atoms with van der Waals surface area (Å²) in [5.41, 5.74) is -3.41. The van der Waals surface area contributed by atoms with Crippen molar-refractivity contribution in [1.82, 2.24) is 0 Å². The summed E-state index contributed by atoms with van der Waals surface area (Å²) >= 11 is 0. The van der Waals surface area contributed by atoms with Gasteiger partial charge in [-0.25, -0.2) is 4.39 Å². The van der Waals surface area contributed by atoms with Gasteiger partial charge in [0.1, 0.15) is 11.4 Å². The van der Waals surface area contributed by atoms with Crippen molar-refractivity contribution < 1.29 is 27.5 Å². The Morgan fingerprint density at radius 1 is 1.15 bits per heavy atom. The van der Waals surface area contributed by atoms with Crippen molar-refractivity contribution in [2.75, 3.05) is 0 Å². The first-order valence-corrected chi connectivity index (χ1v) is 6.38. The number of alkyl halides is 3. The van der Waals surface area contributed by atoms with Gasteiger partial charge in [0.25, 0.3) is 0 Å². The fourth-order valence-corrected chi connectivity index (χ4v) is 2.52. The first-order chi connectivity index (χ1) is 9.24. The van der Waals surface area contributed by atoms with Gasteiger partial charge >= 0.3 is 6.18 Å². The van der Waals surface area contributed by atoms with Crippen molar-refractivity contribution >= 4 is 5.78 Å². The second-order valence-corrected chi connectivity index (χ2v) is 5.11. The van der Waals surface area contributed by atoms with Crippen molar-refractivity contribution in [2.45, 2.75) is 43.9 Å². The maximum atomic E-state index is 13.2. The van der Waals surface area contributed by atoms with Crippen LogP contribution in [0.4, 0.5) is 17.6 Å². The zero-order valence-corrected chi connectivity index (χ0v) is 10.6. The molecule has 1 aliphatic carbocycles. The average molecular weight is 290 g/mol. The van der Waals surface area contributed by atoms with E-state index in [-0.39, 0.29) is 18.4 Å². The minimum absolute atomic E-state index is 0.227. The third-order valence-electron chi connectivity index (χ3n) is 3.64. The molecule has 0 saturated heterocycles. The van der Waals surface area contributed by atoms with Crippen LogP contribution < -0.4 is 0 Å². The molecule has 0 atom stereocenters. The van der Waals surface area contributed by atoms with Crippen LogP contribution in [0.3, 0.4) is 0 Å². The number of aliphatic hydroxyl groups is 1. The van der Waals surface area contributed by atoms with Crippen LogP contribution in [-0.4, -0.2) is 16.5 Å². The summed E-state index contributed by atoms with van der Waals surface area (Å²) in [6.45, 7) is 0. The molecule has 2 nitrogen and oxygen atoms in total. The van der Waals surface area contributed by atoms with Crippen molar-refractivity contribution in [3.63, 3.8) is 0 Å². The van der Waals surface area contributed by atoms with Crippen LogP contribution in [0.5, 0.6) is 0 Å². The van der Waals surface area contributed by atoms with Gasteiger partial charge < -0.3 is 5.11 Å². The van der Waals surface area contributed by atoms with Gasteiger partial charge in [-0.05, 0) is 31.0 Å². The molecule has 0 unspecified atom stereocenters. The number of halogens is 4. The van der Waals surface area contributed by atoms with E-state index in [9.17, 15) is 27.5 Å². The molecule has 0 aliphatic heterocycles. The normalized spacial score (nSPS) is 18.9. The summed E-state index contributed by atoms with van der Waals surface area (Å²) in [6.07, 6.45) is -2.23. The number of hydrogen-bond acceptors (Lipinski definition) is 2. The highest BCUT2D eigenvalue weighted by atomic mass is 19.4. The molecule has 1 fully saturated rings. The predicted octanol–water partition coefficient (Wildman–Crippen LogP) is 3.72. The predicted molar refractivity (Wildman–Crippen MR) is 63.8 cm³/mol. The molecule has 6 heteroatoms. The highest BCUT2D eigenvalue weighted by Crippen LogP contribution is 2.35. The number of rotatable bonds is 2. The summed E-state index contributed by atoms with van der Waals surface area (Å²) in [5.74, 6) is -2.19. The van der Waals surface area contributed by atoms with Gasteiger partial charge in [-0.15, -0.1) is 0 Å². The molecule has 1 aromatic rings. The lowest BCUT2D eigenvalue weighted by atomic mass is 9.79. The molecule has 2 rings (SSSR count). The van der Waals surface area contributed by atoms with Crippen molar-refractivity contribution in [1.29, 1.82) is 0 Å². The second-order valence-electron chi connectivity index (χ2n) is 5.11. The molecule has 1 saturated carbocycles. The van der Waals surface area contributed by atoms with E-state index < -0.39 is 28.9 Å². The maximum Gasteiger partial charge on any atom is 0.419 e. The molecule has 0 aromatic heterocycles. The number of ketones is 1. The number of Topliss-reactive ketones (excluding diaryl/α,β-unsaturated/α-hetero) is 1. The Balaban J connectivity index is 2.36. The van der Waals surface area contributed by atoms with Crippen molar-refractivity contribution in [2.24, 2.45) is 0 Å². The van der Waals surface area contributed by atoms with Crippen LogP contribution in [0.15, 0.2) is 18.2 Å². The standard InChI is InChI=1S/C14H14F4O2/c15-11-5-4-9(8-10(11)14(16,17)18)12(19)13(20)6-2-1-3-7-13/h4-5,8,20H,1-3,6-7H2. The van der Waals surface area contributed by atoms with Crippen molar-refractivity contribution in [3.05, 3.63) is 35.1 Å².